The Morgan fingerprint density at radius 3 is 0.960 bits per heavy atom. The number of nitrogens with zero attached hydrogens (tertiary/aromatic N) is 1. The van der Waals surface area contributed by atoms with Crippen LogP contribution in [0.3, 0.4) is 0 Å². The maximum Gasteiger partial charge on any atom is 0.00879 e. The SMILES string of the molecule is C(=CN(C=Cc1ccccc1)C=Cc1ccccc1)c1ccccc1. The summed E-state index contributed by atoms with van der Waals surface area (Å²) in [5.41, 5.74) is 3.52. The monoisotopic (exact) mass is 323 g/mol. The quantitative estimate of drug-likeness (QED) is 0.514. The van der Waals surface area contributed by atoms with E-state index in [0.29, 0.717) is 0 Å². The van der Waals surface area contributed by atoms with E-state index in [9.17, 15) is 0 Å². The van der Waals surface area contributed by atoms with Crippen molar-refractivity contribution in [3.63, 3.8) is 0 Å². The molecule has 3 rings (SSSR count). The Bertz CT molecular complexity index is 713. The van der Waals surface area contributed by atoms with E-state index in [-0.39, 0.29) is 0 Å². The second-order valence-electron chi connectivity index (χ2n) is 5.63. The lowest BCUT2D eigenvalue weighted by atomic mass is 10.2. The highest BCUT2D eigenvalue weighted by Gasteiger charge is 1.91. The van der Waals surface area contributed by atoms with Crippen LogP contribution in [0.25, 0.3) is 18.2 Å². The van der Waals surface area contributed by atoms with Gasteiger partial charge in [-0.15, -0.1) is 0 Å². The van der Waals surface area contributed by atoms with Gasteiger partial charge in [0.25, 0.3) is 0 Å². The minimum atomic E-state index is 1.17. The molecule has 0 N–H and O–H groups in total. The second kappa shape index (κ2) is 9.09. The molecular formula is C24H21N. The average molecular weight is 323 g/mol. The van der Waals surface area contributed by atoms with Crippen molar-refractivity contribution in [1.29, 1.82) is 0 Å². The highest BCUT2D eigenvalue weighted by Crippen LogP contribution is 2.09. The minimum absolute atomic E-state index is 1.17. The van der Waals surface area contributed by atoms with Crippen LogP contribution in [0.1, 0.15) is 16.7 Å². The first-order chi connectivity index (χ1) is 12.4. The van der Waals surface area contributed by atoms with Crippen LogP contribution >= 0.6 is 0 Å². The molecule has 1 heteroatoms. The van der Waals surface area contributed by atoms with E-state index in [0.717, 1.165) is 0 Å². The summed E-state index contributed by atoms with van der Waals surface area (Å²) in [7, 11) is 0. The summed E-state index contributed by atoms with van der Waals surface area (Å²) in [6, 6.07) is 30.9. The lowest BCUT2D eigenvalue weighted by Crippen LogP contribution is -1.98. The van der Waals surface area contributed by atoms with Gasteiger partial charge >= 0.3 is 0 Å². The Balaban J connectivity index is 1.79. The number of rotatable bonds is 6. The normalized spacial score (nSPS) is 11.5. The van der Waals surface area contributed by atoms with Crippen LogP contribution in [0.5, 0.6) is 0 Å². The third-order valence-corrected chi connectivity index (χ3v) is 3.72. The van der Waals surface area contributed by atoms with E-state index in [2.05, 4.69) is 78.1 Å². The predicted octanol–water partition coefficient (Wildman–Crippen LogP) is 6.30. The van der Waals surface area contributed by atoms with E-state index >= 15 is 0 Å². The fourth-order valence-corrected chi connectivity index (χ4v) is 2.36. The Labute approximate surface area is 149 Å². The average Bonchev–Trinajstić information content (AvgIpc) is 2.70. The standard InChI is InChI=1S/C24H21N/c1-4-10-22(11-5-1)16-19-25(20-17-23-12-6-2-7-13-23)21-18-24-14-8-3-9-15-24/h1-21H. The Morgan fingerprint density at radius 1 is 0.400 bits per heavy atom. The molecule has 0 aliphatic rings. The molecule has 122 valence electrons. The van der Waals surface area contributed by atoms with Crippen molar-refractivity contribution in [3.8, 4) is 0 Å². The molecule has 0 atom stereocenters. The van der Waals surface area contributed by atoms with E-state index in [1.54, 1.807) is 0 Å². The smallest absolute Gasteiger partial charge is 0.00879 e. The third-order valence-electron chi connectivity index (χ3n) is 3.72. The molecule has 0 saturated carbocycles. The van der Waals surface area contributed by atoms with E-state index in [4.69, 9.17) is 0 Å². The molecular weight excluding hydrogens is 302 g/mol. The van der Waals surface area contributed by atoms with Crippen LogP contribution in [0.15, 0.2) is 110 Å². The molecule has 0 aromatic heterocycles. The fourth-order valence-electron chi connectivity index (χ4n) is 2.36. The van der Waals surface area contributed by atoms with Crippen molar-refractivity contribution in [2.45, 2.75) is 0 Å². The molecule has 0 bridgehead atoms. The van der Waals surface area contributed by atoms with E-state index in [1.165, 1.54) is 16.7 Å². The first-order valence-corrected chi connectivity index (χ1v) is 8.37. The lowest BCUT2D eigenvalue weighted by Gasteiger charge is -2.09. The van der Waals surface area contributed by atoms with Gasteiger partial charge in [-0.3, -0.25) is 0 Å². The molecule has 0 unspecified atom stereocenters. The summed E-state index contributed by atoms with van der Waals surface area (Å²) in [5.74, 6) is 0. The Kier molecular flexibility index (Phi) is 6.01. The zero-order chi connectivity index (χ0) is 17.2. The highest BCUT2D eigenvalue weighted by atomic mass is 15.1. The largest absolute Gasteiger partial charge is 0.331 e. The summed E-state index contributed by atoms with van der Waals surface area (Å²) in [4.78, 5) is 2.06. The van der Waals surface area contributed by atoms with Crippen molar-refractivity contribution < 1.29 is 0 Å². The molecule has 0 aliphatic carbocycles. The van der Waals surface area contributed by atoms with Crippen LogP contribution in [0.4, 0.5) is 0 Å². The van der Waals surface area contributed by atoms with Crippen LogP contribution in [-0.2, 0) is 0 Å². The van der Waals surface area contributed by atoms with Gasteiger partial charge in [-0.2, -0.15) is 0 Å². The maximum absolute atomic E-state index is 2.10. The molecule has 3 aromatic carbocycles. The minimum Gasteiger partial charge on any atom is -0.331 e. The van der Waals surface area contributed by atoms with Gasteiger partial charge in [-0.05, 0) is 34.9 Å². The summed E-state index contributed by atoms with van der Waals surface area (Å²) in [5, 5.41) is 0. The molecule has 1 nitrogen and oxygen atoms in total. The van der Waals surface area contributed by atoms with Gasteiger partial charge in [0, 0.05) is 18.6 Å². The van der Waals surface area contributed by atoms with Crippen LogP contribution < -0.4 is 0 Å². The van der Waals surface area contributed by atoms with Gasteiger partial charge in [0.1, 0.15) is 0 Å². The van der Waals surface area contributed by atoms with E-state index < -0.39 is 0 Å². The topological polar surface area (TPSA) is 3.24 Å². The highest BCUT2D eigenvalue weighted by molar-refractivity contribution is 5.54. The van der Waals surface area contributed by atoms with Crippen molar-refractivity contribution in [2.75, 3.05) is 0 Å². The van der Waals surface area contributed by atoms with Crippen LogP contribution in [-0.4, -0.2) is 4.90 Å². The molecule has 0 aliphatic heterocycles. The molecule has 0 radical (unpaired) electrons. The summed E-state index contributed by atoms with van der Waals surface area (Å²) in [6.07, 6.45) is 12.5. The van der Waals surface area contributed by atoms with E-state index in [1.807, 2.05) is 54.6 Å². The van der Waals surface area contributed by atoms with Gasteiger partial charge < -0.3 is 4.90 Å². The number of hydrogen-bond donors (Lipinski definition) is 0. The zero-order valence-electron chi connectivity index (χ0n) is 14.1. The van der Waals surface area contributed by atoms with Gasteiger partial charge in [0.15, 0.2) is 0 Å². The molecule has 0 saturated heterocycles. The van der Waals surface area contributed by atoms with Gasteiger partial charge in [-0.1, -0.05) is 91.0 Å². The first-order valence-electron chi connectivity index (χ1n) is 8.37. The van der Waals surface area contributed by atoms with Gasteiger partial charge in [0.05, 0.1) is 0 Å². The predicted molar refractivity (Wildman–Crippen MR) is 108 cm³/mol. The molecule has 0 spiro atoms. The third kappa shape index (κ3) is 5.67. The number of hydrogen-bond acceptors (Lipinski definition) is 1. The van der Waals surface area contributed by atoms with Gasteiger partial charge in [-0.25, -0.2) is 0 Å². The summed E-state index contributed by atoms with van der Waals surface area (Å²) in [6.45, 7) is 0. The molecule has 0 fully saturated rings. The molecule has 0 heterocycles. The summed E-state index contributed by atoms with van der Waals surface area (Å²) < 4.78 is 0. The first kappa shape index (κ1) is 16.5. The maximum atomic E-state index is 2.10. The van der Waals surface area contributed by atoms with Crippen LogP contribution in [0, 0.1) is 0 Å². The van der Waals surface area contributed by atoms with Gasteiger partial charge in [0.2, 0.25) is 0 Å². The number of benzene rings is 3. The van der Waals surface area contributed by atoms with Crippen molar-refractivity contribution in [1.82, 2.24) is 4.90 Å². The molecule has 3 aromatic rings. The second-order valence-corrected chi connectivity index (χ2v) is 5.63. The zero-order valence-corrected chi connectivity index (χ0v) is 14.1. The van der Waals surface area contributed by atoms with Crippen molar-refractivity contribution in [2.24, 2.45) is 0 Å². The molecule has 25 heavy (non-hydrogen) atoms. The van der Waals surface area contributed by atoms with Crippen molar-refractivity contribution >= 4 is 18.2 Å². The fraction of sp³-hybridized carbons (Fsp3) is 0. The molecule has 0 amide bonds. The Hall–Kier alpha value is -3.32. The summed E-state index contributed by atoms with van der Waals surface area (Å²) >= 11 is 0. The van der Waals surface area contributed by atoms with Crippen molar-refractivity contribution in [3.05, 3.63) is 126 Å². The van der Waals surface area contributed by atoms with Crippen LogP contribution in [0.2, 0.25) is 0 Å². The Morgan fingerprint density at radius 2 is 0.680 bits per heavy atom. The lowest BCUT2D eigenvalue weighted by molar-refractivity contribution is 0.707.